The van der Waals surface area contributed by atoms with Crippen molar-refractivity contribution in [1.29, 1.82) is 0 Å². The van der Waals surface area contributed by atoms with Gasteiger partial charge < -0.3 is 4.74 Å². The first-order valence-corrected chi connectivity index (χ1v) is 8.25. The van der Waals surface area contributed by atoms with Gasteiger partial charge in [-0.1, -0.05) is 42.5 Å². The smallest absolute Gasteiger partial charge is 0.261 e. The van der Waals surface area contributed by atoms with E-state index >= 15 is 0 Å². The van der Waals surface area contributed by atoms with Crippen LogP contribution in [0.1, 0.15) is 31.1 Å². The highest BCUT2D eigenvalue weighted by Gasteiger charge is 2.34. The fraction of sp³-hybridized carbons (Fsp3) is 0.0952. The molecule has 5 heteroatoms. The van der Waals surface area contributed by atoms with Crippen molar-refractivity contribution in [1.82, 2.24) is 4.90 Å². The van der Waals surface area contributed by atoms with Gasteiger partial charge in [-0.05, 0) is 29.0 Å². The molecule has 0 atom stereocenters. The van der Waals surface area contributed by atoms with Crippen molar-refractivity contribution in [3.63, 3.8) is 0 Å². The predicted molar refractivity (Wildman–Crippen MR) is 96.6 cm³/mol. The number of aldehydes is 1. The Labute approximate surface area is 149 Å². The van der Waals surface area contributed by atoms with Crippen molar-refractivity contribution >= 4 is 28.9 Å². The zero-order valence-corrected chi connectivity index (χ0v) is 13.8. The number of imide groups is 1. The summed E-state index contributed by atoms with van der Waals surface area (Å²) < 4.78 is 5.72. The van der Waals surface area contributed by atoms with Gasteiger partial charge in [0.25, 0.3) is 11.8 Å². The normalized spacial score (nSPS) is 13.2. The Morgan fingerprint density at radius 1 is 0.846 bits per heavy atom. The van der Waals surface area contributed by atoms with Crippen LogP contribution < -0.4 is 4.74 Å². The fourth-order valence-corrected chi connectivity index (χ4v) is 3.21. The maximum Gasteiger partial charge on any atom is 0.261 e. The first kappa shape index (κ1) is 16.0. The zero-order chi connectivity index (χ0) is 18.1. The SMILES string of the molecule is O=Cc1c(OCCN2C(=O)c3ccccc3C2=O)ccc2ccccc12. The molecule has 0 aliphatic carbocycles. The molecule has 0 saturated carbocycles. The molecule has 1 heterocycles. The second kappa shape index (κ2) is 6.44. The number of hydrogen-bond donors (Lipinski definition) is 0. The summed E-state index contributed by atoms with van der Waals surface area (Å²) in [6.07, 6.45) is 0.764. The fourth-order valence-electron chi connectivity index (χ4n) is 3.21. The summed E-state index contributed by atoms with van der Waals surface area (Å²) in [5, 5.41) is 1.75. The second-order valence-corrected chi connectivity index (χ2v) is 5.97. The second-order valence-electron chi connectivity index (χ2n) is 5.97. The summed E-state index contributed by atoms with van der Waals surface area (Å²) in [4.78, 5) is 37.4. The molecule has 0 fully saturated rings. The predicted octanol–water partition coefficient (Wildman–Crippen LogP) is 3.33. The molecule has 0 aromatic heterocycles. The number of benzene rings is 3. The van der Waals surface area contributed by atoms with Gasteiger partial charge >= 0.3 is 0 Å². The minimum absolute atomic E-state index is 0.116. The van der Waals surface area contributed by atoms with Crippen LogP contribution in [-0.2, 0) is 0 Å². The van der Waals surface area contributed by atoms with Crippen molar-refractivity contribution in [2.24, 2.45) is 0 Å². The van der Waals surface area contributed by atoms with Crippen LogP contribution in [0, 0.1) is 0 Å². The quantitative estimate of drug-likeness (QED) is 0.526. The standard InChI is InChI=1S/C21H15NO4/c23-13-18-15-6-2-1-5-14(15)9-10-19(18)26-12-11-22-20(24)16-7-3-4-8-17(16)21(22)25/h1-10,13H,11-12H2. The molecule has 3 aromatic carbocycles. The first-order chi connectivity index (χ1) is 12.7. The van der Waals surface area contributed by atoms with Crippen LogP contribution in [0.25, 0.3) is 10.8 Å². The monoisotopic (exact) mass is 345 g/mol. The highest BCUT2D eigenvalue weighted by molar-refractivity contribution is 6.21. The Kier molecular flexibility index (Phi) is 3.97. The van der Waals surface area contributed by atoms with Gasteiger partial charge in [-0.25, -0.2) is 0 Å². The number of ether oxygens (including phenoxy) is 1. The molecular weight excluding hydrogens is 330 g/mol. The van der Waals surface area contributed by atoms with Crippen molar-refractivity contribution in [3.05, 3.63) is 77.4 Å². The molecule has 4 rings (SSSR count). The number of carbonyl (C=O) groups is 3. The lowest BCUT2D eigenvalue weighted by Gasteiger charge is -2.15. The lowest BCUT2D eigenvalue weighted by molar-refractivity contribution is 0.0630. The number of carbonyl (C=O) groups excluding carboxylic acids is 3. The average Bonchev–Trinajstić information content (AvgIpc) is 2.93. The summed E-state index contributed by atoms with van der Waals surface area (Å²) >= 11 is 0. The zero-order valence-electron chi connectivity index (χ0n) is 13.8. The van der Waals surface area contributed by atoms with Crippen LogP contribution in [-0.4, -0.2) is 36.2 Å². The molecule has 3 aromatic rings. The Balaban J connectivity index is 1.51. The minimum Gasteiger partial charge on any atom is -0.491 e. The summed E-state index contributed by atoms with van der Waals surface area (Å²) in [6, 6.07) is 17.9. The van der Waals surface area contributed by atoms with E-state index in [1.54, 1.807) is 30.3 Å². The number of amides is 2. The van der Waals surface area contributed by atoms with Gasteiger partial charge in [0, 0.05) is 0 Å². The minimum atomic E-state index is -0.316. The van der Waals surface area contributed by atoms with Crippen molar-refractivity contribution < 1.29 is 19.1 Å². The van der Waals surface area contributed by atoms with E-state index in [2.05, 4.69) is 0 Å². The summed E-state index contributed by atoms with van der Waals surface area (Å²) in [6.45, 7) is 0.238. The molecule has 128 valence electrons. The van der Waals surface area contributed by atoms with Crippen LogP contribution in [0.5, 0.6) is 5.75 Å². The van der Waals surface area contributed by atoms with E-state index in [0.717, 1.165) is 17.1 Å². The molecule has 26 heavy (non-hydrogen) atoms. The van der Waals surface area contributed by atoms with Gasteiger partial charge in [-0.3, -0.25) is 19.3 Å². The largest absolute Gasteiger partial charge is 0.491 e. The lowest BCUT2D eigenvalue weighted by Crippen LogP contribution is -2.33. The first-order valence-electron chi connectivity index (χ1n) is 8.25. The van der Waals surface area contributed by atoms with Crippen LogP contribution in [0.15, 0.2) is 60.7 Å². The van der Waals surface area contributed by atoms with Gasteiger partial charge in [0.1, 0.15) is 12.4 Å². The molecule has 5 nitrogen and oxygen atoms in total. The summed E-state index contributed by atoms with van der Waals surface area (Å²) in [5.74, 6) is -0.193. The molecule has 2 amide bonds. The van der Waals surface area contributed by atoms with E-state index in [4.69, 9.17) is 4.74 Å². The summed E-state index contributed by atoms with van der Waals surface area (Å²) in [7, 11) is 0. The van der Waals surface area contributed by atoms with Crippen molar-refractivity contribution in [2.45, 2.75) is 0 Å². The third-order valence-electron chi connectivity index (χ3n) is 4.50. The molecule has 0 bridgehead atoms. The topological polar surface area (TPSA) is 63.7 Å². The molecule has 1 aliphatic rings. The van der Waals surface area contributed by atoms with Gasteiger partial charge in [-0.15, -0.1) is 0 Å². The van der Waals surface area contributed by atoms with E-state index in [0.29, 0.717) is 22.4 Å². The third-order valence-corrected chi connectivity index (χ3v) is 4.50. The molecule has 0 spiro atoms. The van der Waals surface area contributed by atoms with E-state index < -0.39 is 0 Å². The number of fused-ring (bicyclic) bond motifs is 2. The van der Waals surface area contributed by atoms with E-state index in [9.17, 15) is 14.4 Å². The van der Waals surface area contributed by atoms with Gasteiger partial charge in [0.05, 0.1) is 23.2 Å². The Hall–Kier alpha value is -3.47. The Morgan fingerprint density at radius 3 is 2.19 bits per heavy atom. The maximum atomic E-state index is 12.3. The number of rotatable bonds is 5. The molecular formula is C21H15NO4. The molecule has 0 N–H and O–H groups in total. The highest BCUT2D eigenvalue weighted by atomic mass is 16.5. The number of hydrogen-bond acceptors (Lipinski definition) is 4. The van der Waals surface area contributed by atoms with Gasteiger partial charge in [0.2, 0.25) is 0 Å². The van der Waals surface area contributed by atoms with Crippen LogP contribution in [0.2, 0.25) is 0 Å². The molecule has 1 aliphatic heterocycles. The van der Waals surface area contributed by atoms with Crippen LogP contribution in [0.4, 0.5) is 0 Å². The molecule has 0 radical (unpaired) electrons. The Morgan fingerprint density at radius 2 is 1.50 bits per heavy atom. The lowest BCUT2D eigenvalue weighted by atomic mass is 10.0. The molecule has 0 saturated heterocycles. The third kappa shape index (κ3) is 2.54. The van der Waals surface area contributed by atoms with Gasteiger partial charge in [0.15, 0.2) is 6.29 Å². The van der Waals surface area contributed by atoms with Gasteiger partial charge in [-0.2, -0.15) is 0 Å². The van der Waals surface area contributed by atoms with Crippen molar-refractivity contribution in [2.75, 3.05) is 13.2 Å². The summed E-state index contributed by atoms with van der Waals surface area (Å²) in [5.41, 5.74) is 1.29. The maximum absolute atomic E-state index is 12.3. The van der Waals surface area contributed by atoms with Crippen molar-refractivity contribution in [3.8, 4) is 5.75 Å². The Bertz CT molecular complexity index is 1010. The van der Waals surface area contributed by atoms with E-state index in [1.807, 2.05) is 30.3 Å². The number of nitrogens with zero attached hydrogens (tertiary/aromatic N) is 1. The molecule has 0 unspecified atom stereocenters. The van der Waals surface area contributed by atoms with Crippen LogP contribution >= 0.6 is 0 Å². The van der Waals surface area contributed by atoms with E-state index in [-0.39, 0.29) is 25.0 Å². The van der Waals surface area contributed by atoms with E-state index in [1.165, 1.54) is 4.90 Å². The average molecular weight is 345 g/mol. The van der Waals surface area contributed by atoms with Crippen LogP contribution in [0.3, 0.4) is 0 Å². The highest BCUT2D eigenvalue weighted by Crippen LogP contribution is 2.27.